The maximum absolute atomic E-state index is 11.8. The molecule has 0 aliphatic rings. The fourth-order valence-corrected chi connectivity index (χ4v) is 2.25. The standard InChI is InChI=1S/C21H18N2O5/c1-15-5-2-3-6-18(15)27-14-20(24)23-22-13-16-8-10-17(11-9-16)28-21(25)19-7-4-12-26-19/h2-13H,14H2,1H3,(H,23,24). The number of amides is 1. The van der Waals surface area contributed by atoms with Gasteiger partial charge in [0.25, 0.3) is 5.91 Å². The molecule has 3 aromatic rings. The van der Waals surface area contributed by atoms with Crippen LogP contribution in [0.25, 0.3) is 0 Å². The molecular formula is C21H18N2O5. The van der Waals surface area contributed by atoms with Gasteiger partial charge in [0.2, 0.25) is 5.76 Å². The van der Waals surface area contributed by atoms with E-state index in [2.05, 4.69) is 10.5 Å². The van der Waals surface area contributed by atoms with Gasteiger partial charge in [-0.05, 0) is 60.5 Å². The average molecular weight is 378 g/mol. The van der Waals surface area contributed by atoms with Crippen LogP contribution >= 0.6 is 0 Å². The van der Waals surface area contributed by atoms with E-state index in [4.69, 9.17) is 13.9 Å². The molecule has 0 atom stereocenters. The maximum Gasteiger partial charge on any atom is 0.379 e. The van der Waals surface area contributed by atoms with Gasteiger partial charge in [-0.3, -0.25) is 4.79 Å². The summed E-state index contributed by atoms with van der Waals surface area (Å²) in [4.78, 5) is 23.6. The zero-order chi connectivity index (χ0) is 19.8. The Morgan fingerprint density at radius 1 is 1.07 bits per heavy atom. The zero-order valence-electron chi connectivity index (χ0n) is 15.1. The smallest absolute Gasteiger partial charge is 0.379 e. The number of esters is 1. The zero-order valence-corrected chi connectivity index (χ0v) is 15.1. The summed E-state index contributed by atoms with van der Waals surface area (Å²) in [7, 11) is 0. The molecule has 0 saturated heterocycles. The van der Waals surface area contributed by atoms with Crippen LogP contribution in [0.15, 0.2) is 76.4 Å². The second kappa shape index (κ2) is 9.18. The predicted octanol–water partition coefficient (Wildman–Crippen LogP) is 3.34. The number of rotatable bonds is 7. The van der Waals surface area contributed by atoms with Crippen LogP contribution in [0, 0.1) is 6.92 Å². The molecule has 0 aliphatic carbocycles. The first kappa shape index (κ1) is 18.9. The van der Waals surface area contributed by atoms with Crippen LogP contribution in [0.4, 0.5) is 0 Å². The van der Waals surface area contributed by atoms with E-state index in [0.717, 1.165) is 11.1 Å². The molecule has 0 saturated carbocycles. The summed E-state index contributed by atoms with van der Waals surface area (Å²) in [6.07, 6.45) is 2.88. The molecule has 7 nitrogen and oxygen atoms in total. The number of hydrazone groups is 1. The molecule has 0 unspecified atom stereocenters. The monoisotopic (exact) mass is 378 g/mol. The van der Waals surface area contributed by atoms with E-state index in [0.29, 0.717) is 11.5 Å². The molecule has 1 heterocycles. The third-order valence-corrected chi connectivity index (χ3v) is 3.67. The van der Waals surface area contributed by atoms with Crippen molar-refractivity contribution in [3.8, 4) is 11.5 Å². The van der Waals surface area contributed by atoms with Crippen LogP contribution in [-0.4, -0.2) is 24.7 Å². The summed E-state index contributed by atoms with van der Waals surface area (Å²) in [6, 6.07) is 17.2. The second-order valence-corrected chi connectivity index (χ2v) is 5.78. The number of hydrogen-bond acceptors (Lipinski definition) is 6. The molecule has 28 heavy (non-hydrogen) atoms. The van der Waals surface area contributed by atoms with Gasteiger partial charge in [0.05, 0.1) is 12.5 Å². The predicted molar refractivity (Wildman–Crippen MR) is 103 cm³/mol. The minimum absolute atomic E-state index is 0.126. The highest BCUT2D eigenvalue weighted by molar-refractivity contribution is 5.88. The van der Waals surface area contributed by atoms with E-state index in [1.807, 2.05) is 25.1 Å². The molecule has 0 aliphatic heterocycles. The number of nitrogens with one attached hydrogen (secondary N) is 1. The Labute approximate surface area is 161 Å². The molecule has 0 radical (unpaired) electrons. The summed E-state index contributed by atoms with van der Waals surface area (Å²) < 4.78 is 15.6. The van der Waals surface area contributed by atoms with Crippen LogP contribution in [0.1, 0.15) is 21.7 Å². The van der Waals surface area contributed by atoms with Crippen LogP contribution in [0.5, 0.6) is 11.5 Å². The van der Waals surface area contributed by atoms with Crippen molar-refractivity contribution in [1.29, 1.82) is 0 Å². The molecule has 0 fully saturated rings. The van der Waals surface area contributed by atoms with Gasteiger partial charge in [0.15, 0.2) is 6.61 Å². The number of furan rings is 1. The number of aryl methyl sites for hydroxylation is 1. The molecule has 0 spiro atoms. The van der Waals surface area contributed by atoms with Crippen LogP contribution in [0.3, 0.4) is 0 Å². The topological polar surface area (TPSA) is 90.1 Å². The molecule has 0 bridgehead atoms. The van der Waals surface area contributed by atoms with Gasteiger partial charge < -0.3 is 13.9 Å². The van der Waals surface area contributed by atoms with Crippen molar-refractivity contribution in [2.24, 2.45) is 5.10 Å². The van der Waals surface area contributed by atoms with Crippen molar-refractivity contribution in [1.82, 2.24) is 5.43 Å². The van der Waals surface area contributed by atoms with E-state index in [9.17, 15) is 9.59 Å². The maximum atomic E-state index is 11.8. The minimum Gasteiger partial charge on any atom is -0.483 e. The van der Waals surface area contributed by atoms with E-state index in [-0.39, 0.29) is 18.3 Å². The Balaban J connectivity index is 1.46. The Kier molecular flexibility index (Phi) is 6.20. The van der Waals surface area contributed by atoms with Gasteiger partial charge in [-0.25, -0.2) is 10.2 Å². The van der Waals surface area contributed by atoms with Gasteiger partial charge >= 0.3 is 5.97 Å². The van der Waals surface area contributed by atoms with E-state index < -0.39 is 5.97 Å². The summed E-state index contributed by atoms with van der Waals surface area (Å²) >= 11 is 0. The molecule has 142 valence electrons. The quantitative estimate of drug-likeness (QED) is 0.295. The minimum atomic E-state index is -0.577. The number of hydrogen-bond donors (Lipinski definition) is 1. The second-order valence-electron chi connectivity index (χ2n) is 5.78. The average Bonchev–Trinajstić information content (AvgIpc) is 3.24. The van der Waals surface area contributed by atoms with Crippen LogP contribution in [0.2, 0.25) is 0 Å². The lowest BCUT2D eigenvalue weighted by Gasteiger charge is -2.07. The van der Waals surface area contributed by atoms with Crippen LogP contribution in [-0.2, 0) is 4.79 Å². The normalized spacial score (nSPS) is 10.6. The first-order valence-electron chi connectivity index (χ1n) is 8.48. The van der Waals surface area contributed by atoms with Crippen molar-refractivity contribution in [3.63, 3.8) is 0 Å². The van der Waals surface area contributed by atoms with Gasteiger partial charge in [-0.1, -0.05) is 18.2 Å². The van der Waals surface area contributed by atoms with Gasteiger partial charge in [-0.2, -0.15) is 5.10 Å². The molecule has 1 aromatic heterocycles. The Hall–Kier alpha value is -3.87. The van der Waals surface area contributed by atoms with E-state index >= 15 is 0 Å². The van der Waals surface area contributed by atoms with Gasteiger partial charge in [-0.15, -0.1) is 0 Å². The SMILES string of the molecule is Cc1ccccc1OCC(=O)NN=Cc1ccc(OC(=O)c2ccco2)cc1. The molecule has 7 heteroatoms. The van der Waals surface area contributed by atoms with E-state index in [1.54, 1.807) is 36.4 Å². The molecule has 1 N–H and O–H groups in total. The van der Waals surface area contributed by atoms with Gasteiger partial charge in [0.1, 0.15) is 11.5 Å². The summed E-state index contributed by atoms with van der Waals surface area (Å²) in [5.74, 6) is 0.202. The third-order valence-electron chi connectivity index (χ3n) is 3.67. The summed E-state index contributed by atoms with van der Waals surface area (Å²) in [5, 5.41) is 3.88. The fraction of sp³-hybridized carbons (Fsp3) is 0.0952. The Morgan fingerprint density at radius 3 is 2.57 bits per heavy atom. The molecular weight excluding hydrogens is 360 g/mol. The number of carbonyl (C=O) groups is 2. The Bertz CT molecular complexity index is 963. The lowest BCUT2D eigenvalue weighted by atomic mass is 10.2. The van der Waals surface area contributed by atoms with Crippen molar-refractivity contribution < 1.29 is 23.5 Å². The first-order chi connectivity index (χ1) is 13.6. The number of ether oxygens (including phenoxy) is 2. The molecule has 2 aromatic carbocycles. The lowest BCUT2D eigenvalue weighted by molar-refractivity contribution is -0.123. The van der Waals surface area contributed by atoms with Gasteiger partial charge in [0, 0.05) is 0 Å². The highest BCUT2D eigenvalue weighted by atomic mass is 16.5. The fourth-order valence-electron chi connectivity index (χ4n) is 2.25. The number of benzene rings is 2. The first-order valence-corrected chi connectivity index (χ1v) is 8.48. The summed E-state index contributed by atoms with van der Waals surface area (Å²) in [5.41, 5.74) is 4.06. The summed E-state index contributed by atoms with van der Waals surface area (Å²) in [6.45, 7) is 1.77. The lowest BCUT2D eigenvalue weighted by Crippen LogP contribution is -2.24. The number of nitrogens with zero attached hydrogens (tertiary/aromatic N) is 1. The number of carbonyl (C=O) groups excluding carboxylic acids is 2. The van der Waals surface area contributed by atoms with E-state index in [1.165, 1.54) is 18.5 Å². The highest BCUT2D eigenvalue weighted by Crippen LogP contribution is 2.16. The van der Waals surface area contributed by atoms with Crippen molar-refractivity contribution in [3.05, 3.63) is 83.8 Å². The largest absolute Gasteiger partial charge is 0.483 e. The third kappa shape index (κ3) is 5.31. The number of para-hydroxylation sites is 1. The van der Waals surface area contributed by atoms with Crippen molar-refractivity contribution in [2.45, 2.75) is 6.92 Å². The van der Waals surface area contributed by atoms with Crippen molar-refractivity contribution in [2.75, 3.05) is 6.61 Å². The molecule has 3 rings (SSSR count). The van der Waals surface area contributed by atoms with Crippen molar-refractivity contribution >= 4 is 18.1 Å². The molecule has 1 amide bonds. The van der Waals surface area contributed by atoms with Crippen LogP contribution < -0.4 is 14.9 Å². The highest BCUT2D eigenvalue weighted by Gasteiger charge is 2.10. The Morgan fingerprint density at radius 2 is 1.86 bits per heavy atom.